The van der Waals surface area contributed by atoms with Crippen LogP contribution in [0.2, 0.25) is 5.02 Å². The molecule has 20 heavy (non-hydrogen) atoms. The summed E-state index contributed by atoms with van der Waals surface area (Å²) in [5.41, 5.74) is 0.803. The van der Waals surface area contributed by atoms with Crippen LogP contribution >= 0.6 is 11.6 Å². The summed E-state index contributed by atoms with van der Waals surface area (Å²) in [7, 11) is -0.536. The number of aromatic nitrogens is 2. The first kappa shape index (κ1) is 13.7. The van der Waals surface area contributed by atoms with Crippen molar-refractivity contribution in [1.82, 2.24) is 9.97 Å². The van der Waals surface area contributed by atoms with E-state index in [-0.39, 0.29) is 5.69 Å². The number of fused-ring (bicyclic) bond motifs is 1. The molecule has 0 atom stereocenters. The van der Waals surface area contributed by atoms with Gasteiger partial charge in [-0.2, -0.15) is 0 Å². The molecule has 106 valence electrons. The zero-order valence-corrected chi connectivity index (χ0v) is 12.6. The Hall–Kier alpha value is -1.24. The highest BCUT2D eigenvalue weighted by molar-refractivity contribution is 6.65. The van der Waals surface area contributed by atoms with E-state index >= 15 is 0 Å². The summed E-state index contributed by atoms with van der Waals surface area (Å²) < 4.78 is 12.0. The second-order valence-electron chi connectivity index (χ2n) is 6.05. The van der Waals surface area contributed by atoms with Crippen molar-refractivity contribution in [2.24, 2.45) is 0 Å². The van der Waals surface area contributed by atoms with Gasteiger partial charge in [0.15, 0.2) is 0 Å². The number of rotatable bonds is 1. The van der Waals surface area contributed by atoms with Crippen molar-refractivity contribution in [2.45, 2.75) is 38.9 Å². The maximum absolute atomic E-state index is 11.5. The van der Waals surface area contributed by atoms with Crippen molar-refractivity contribution < 1.29 is 9.31 Å². The summed E-state index contributed by atoms with van der Waals surface area (Å²) in [6.45, 7) is 7.94. The number of hydrogen-bond acceptors (Lipinski definition) is 3. The zero-order chi connectivity index (χ0) is 14.7. The highest BCUT2D eigenvalue weighted by Gasteiger charge is 2.52. The molecule has 7 heteroatoms. The Balaban J connectivity index is 2.13. The van der Waals surface area contributed by atoms with Crippen LogP contribution in [0.1, 0.15) is 27.7 Å². The van der Waals surface area contributed by atoms with Crippen LogP contribution in [0.3, 0.4) is 0 Å². The van der Waals surface area contributed by atoms with E-state index in [1.54, 1.807) is 6.07 Å². The molecule has 1 fully saturated rings. The third-order valence-electron chi connectivity index (χ3n) is 4.17. The standard InChI is InChI=1S/C13H16BClN2O3/c1-12(2)13(3,4)20-14(19-12)7-5-6-8(15)10-9(7)16-11(18)17-10/h5-6H,1-4H3,(H2,16,17,18). The minimum atomic E-state index is -0.536. The summed E-state index contributed by atoms with van der Waals surface area (Å²) in [6.07, 6.45) is 0. The lowest BCUT2D eigenvalue weighted by molar-refractivity contribution is 0.00578. The van der Waals surface area contributed by atoms with Crippen LogP contribution < -0.4 is 11.2 Å². The first-order valence-electron chi connectivity index (χ1n) is 6.47. The van der Waals surface area contributed by atoms with Crippen LogP contribution in [0.4, 0.5) is 0 Å². The minimum absolute atomic E-state index is 0.300. The first-order chi connectivity index (χ1) is 9.21. The van der Waals surface area contributed by atoms with Crippen molar-refractivity contribution in [3.8, 4) is 0 Å². The van der Waals surface area contributed by atoms with E-state index in [1.807, 2.05) is 33.8 Å². The molecule has 2 aromatic rings. The Morgan fingerprint density at radius 1 is 1.05 bits per heavy atom. The quantitative estimate of drug-likeness (QED) is 0.788. The van der Waals surface area contributed by atoms with Crippen molar-refractivity contribution in [2.75, 3.05) is 0 Å². The van der Waals surface area contributed by atoms with E-state index < -0.39 is 18.3 Å². The number of aromatic amines is 2. The van der Waals surface area contributed by atoms with Gasteiger partial charge in [0, 0.05) is 5.46 Å². The first-order valence-corrected chi connectivity index (χ1v) is 6.85. The molecule has 1 aromatic heterocycles. The van der Waals surface area contributed by atoms with Gasteiger partial charge in [-0.1, -0.05) is 17.7 Å². The molecule has 2 N–H and O–H groups in total. The van der Waals surface area contributed by atoms with Gasteiger partial charge in [0.1, 0.15) is 0 Å². The van der Waals surface area contributed by atoms with Gasteiger partial charge >= 0.3 is 12.8 Å². The van der Waals surface area contributed by atoms with Crippen molar-refractivity contribution >= 4 is 35.2 Å². The summed E-state index contributed by atoms with van der Waals surface area (Å²) in [5.74, 6) is 0. The van der Waals surface area contributed by atoms with Crippen LogP contribution in [0, 0.1) is 0 Å². The van der Waals surface area contributed by atoms with Crippen LogP contribution in [-0.2, 0) is 9.31 Å². The lowest BCUT2D eigenvalue weighted by Crippen LogP contribution is -2.41. The van der Waals surface area contributed by atoms with E-state index in [0.717, 1.165) is 5.46 Å². The SMILES string of the molecule is CC1(C)OB(c2ccc(Cl)c3[nH]c(=O)[nH]c23)OC1(C)C. The van der Waals surface area contributed by atoms with Crippen LogP contribution in [0.25, 0.3) is 11.0 Å². The molecule has 0 spiro atoms. The van der Waals surface area contributed by atoms with Crippen molar-refractivity contribution in [1.29, 1.82) is 0 Å². The number of halogens is 1. The number of benzene rings is 1. The fraction of sp³-hybridized carbons (Fsp3) is 0.462. The van der Waals surface area contributed by atoms with Crippen LogP contribution in [-0.4, -0.2) is 28.3 Å². The third kappa shape index (κ3) is 1.91. The Labute approximate surface area is 121 Å². The number of hydrogen-bond donors (Lipinski definition) is 2. The molecule has 1 aromatic carbocycles. The second-order valence-corrected chi connectivity index (χ2v) is 6.46. The lowest BCUT2D eigenvalue weighted by atomic mass is 9.78. The molecule has 0 aliphatic carbocycles. The smallest absolute Gasteiger partial charge is 0.399 e. The molecule has 5 nitrogen and oxygen atoms in total. The molecule has 2 heterocycles. The summed E-state index contributed by atoms with van der Waals surface area (Å²) in [4.78, 5) is 16.9. The van der Waals surface area contributed by atoms with Gasteiger partial charge in [-0.05, 0) is 33.8 Å². The zero-order valence-electron chi connectivity index (χ0n) is 11.8. The van der Waals surface area contributed by atoms with Crippen LogP contribution in [0.5, 0.6) is 0 Å². The summed E-state index contributed by atoms with van der Waals surface area (Å²) >= 11 is 6.09. The van der Waals surface area contributed by atoms with E-state index in [0.29, 0.717) is 16.1 Å². The van der Waals surface area contributed by atoms with Gasteiger partial charge in [0.25, 0.3) is 0 Å². The van der Waals surface area contributed by atoms with Crippen molar-refractivity contribution in [3.63, 3.8) is 0 Å². The maximum atomic E-state index is 11.5. The average molecular weight is 295 g/mol. The molecular weight excluding hydrogens is 278 g/mol. The fourth-order valence-corrected chi connectivity index (χ4v) is 2.48. The molecule has 1 saturated heterocycles. The molecule has 0 radical (unpaired) electrons. The molecule has 0 saturated carbocycles. The molecule has 0 bridgehead atoms. The Morgan fingerprint density at radius 2 is 1.60 bits per heavy atom. The van der Waals surface area contributed by atoms with E-state index in [2.05, 4.69) is 9.97 Å². The maximum Gasteiger partial charge on any atom is 0.497 e. The normalized spacial score (nSPS) is 20.8. The minimum Gasteiger partial charge on any atom is -0.399 e. The van der Waals surface area contributed by atoms with E-state index in [9.17, 15) is 4.79 Å². The molecule has 0 unspecified atom stereocenters. The second kappa shape index (κ2) is 4.13. The van der Waals surface area contributed by atoms with Crippen LogP contribution in [0.15, 0.2) is 16.9 Å². The Kier molecular flexibility index (Phi) is 2.84. The number of nitrogens with one attached hydrogen (secondary N) is 2. The summed E-state index contributed by atoms with van der Waals surface area (Å²) in [6, 6.07) is 3.55. The summed E-state index contributed by atoms with van der Waals surface area (Å²) in [5, 5.41) is 0.485. The largest absolute Gasteiger partial charge is 0.497 e. The lowest BCUT2D eigenvalue weighted by Gasteiger charge is -2.32. The predicted octanol–water partition coefficient (Wildman–Crippen LogP) is 1.81. The van der Waals surface area contributed by atoms with Crippen molar-refractivity contribution in [3.05, 3.63) is 27.6 Å². The Morgan fingerprint density at radius 3 is 2.20 bits per heavy atom. The molecule has 3 rings (SSSR count). The van der Waals surface area contributed by atoms with Gasteiger partial charge in [-0.3, -0.25) is 0 Å². The Bertz CT molecular complexity index is 719. The molecule has 0 amide bonds. The number of H-pyrrole nitrogens is 2. The van der Waals surface area contributed by atoms with E-state index in [4.69, 9.17) is 20.9 Å². The monoisotopic (exact) mass is 294 g/mol. The molecule has 1 aliphatic heterocycles. The number of imidazole rings is 1. The highest BCUT2D eigenvalue weighted by Crippen LogP contribution is 2.37. The predicted molar refractivity (Wildman–Crippen MR) is 79.6 cm³/mol. The van der Waals surface area contributed by atoms with Gasteiger partial charge < -0.3 is 19.3 Å². The van der Waals surface area contributed by atoms with Gasteiger partial charge in [-0.15, -0.1) is 0 Å². The van der Waals surface area contributed by atoms with Gasteiger partial charge in [-0.25, -0.2) is 4.79 Å². The fourth-order valence-electron chi connectivity index (χ4n) is 2.27. The average Bonchev–Trinajstić information content (AvgIpc) is 2.78. The molecular formula is C13H16BClN2O3. The van der Waals surface area contributed by atoms with E-state index in [1.165, 1.54) is 0 Å². The van der Waals surface area contributed by atoms with Gasteiger partial charge in [0.05, 0.1) is 27.3 Å². The van der Waals surface area contributed by atoms with Gasteiger partial charge in [0.2, 0.25) is 0 Å². The topological polar surface area (TPSA) is 67.1 Å². The highest BCUT2D eigenvalue weighted by atomic mass is 35.5. The molecule has 1 aliphatic rings. The third-order valence-corrected chi connectivity index (χ3v) is 4.49.